The van der Waals surface area contributed by atoms with Gasteiger partial charge in [0, 0.05) is 19.3 Å². The van der Waals surface area contributed by atoms with E-state index in [0.29, 0.717) is 5.92 Å². The Bertz CT molecular complexity index is 203. The highest BCUT2D eigenvalue weighted by atomic mass is 15.1. The molecule has 0 heterocycles. The first-order valence-corrected chi connectivity index (χ1v) is 6.05. The smallest absolute Gasteiger partial charge is 0.0168 e. The summed E-state index contributed by atoms with van der Waals surface area (Å²) in [4.78, 5) is 2.26. The summed E-state index contributed by atoms with van der Waals surface area (Å²) in [6, 6.07) is 0. The molecule has 0 rings (SSSR count). The Morgan fingerprint density at radius 2 is 1.80 bits per heavy atom. The van der Waals surface area contributed by atoms with Crippen LogP contribution < -0.4 is 0 Å². The van der Waals surface area contributed by atoms with E-state index in [1.54, 1.807) is 0 Å². The van der Waals surface area contributed by atoms with Crippen LogP contribution in [0.4, 0.5) is 0 Å². The molecule has 0 bridgehead atoms. The van der Waals surface area contributed by atoms with Gasteiger partial charge < -0.3 is 4.90 Å². The normalized spacial score (nSPS) is 10.5. The van der Waals surface area contributed by atoms with E-state index in [9.17, 15) is 0 Å². The molecule has 88 valence electrons. The van der Waals surface area contributed by atoms with Crippen molar-refractivity contribution in [3.05, 3.63) is 24.4 Å². The fourth-order valence-corrected chi connectivity index (χ4v) is 1.49. The second kappa shape index (κ2) is 7.56. The molecule has 1 nitrogen and oxygen atoms in total. The maximum absolute atomic E-state index is 4.11. The maximum atomic E-state index is 4.11. The zero-order chi connectivity index (χ0) is 11.8. The Morgan fingerprint density at radius 3 is 2.27 bits per heavy atom. The van der Waals surface area contributed by atoms with Crippen molar-refractivity contribution < 1.29 is 0 Å². The van der Waals surface area contributed by atoms with Crippen molar-refractivity contribution >= 4 is 0 Å². The quantitative estimate of drug-likeness (QED) is 0.541. The van der Waals surface area contributed by atoms with Crippen LogP contribution in [0.2, 0.25) is 0 Å². The van der Waals surface area contributed by atoms with Gasteiger partial charge in [-0.25, -0.2) is 0 Å². The van der Waals surface area contributed by atoms with Gasteiger partial charge >= 0.3 is 0 Å². The Labute approximate surface area is 95.9 Å². The van der Waals surface area contributed by atoms with Crippen LogP contribution in [0.1, 0.15) is 46.5 Å². The van der Waals surface area contributed by atoms with E-state index in [4.69, 9.17) is 0 Å². The molecule has 15 heavy (non-hydrogen) atoms. The first-order chi connectivity index (χ1) is 6.99. The molecule has 0 fully saturated rings. The minimum absolute atomic E-state index is 0.617. The summed E-state index contributed by atoms with van der Waals surface area (Å²) in [5.74, 6) is 0.617. The highest BCUT2D eigenvalue weighted by molar-refractivity contribution is 4.99. The van der Waals surface area contributed by atoms with Crippen molar-refractivity contribution in [3.8, 4) is 0 Å². The van der Waals surface area contributed by atoms with Crippen molar-refractivity contribution in [3.63, 3.8) is 0 Å². The van der Waals surface area contributed by atoms with Crippen LogP contribution in [-0.4, -0.2) is 18.5 Å². The fourth-order valence-electron chi connectivity index (χ4n) is 1.49. The van der Waals surface area contributed by atoms with Crippen LogP contribution in [0.5, 0.6) is 0 Å². The van der Waals surface area contributed by atoms with Crippen LogP contribution in [0.15, 0.2) is 24.4 Å². The summed E-state index contributed by atoms with van der Waals surface area (Å²) in [6.07, 6.45) is 4.61. The SMILES string of the molecule is C=C(CCCC(=C)N(C)CCC)C(C)C. The predicted octanol–water partition coefficient (Wildman–Crippen LogP) is 4.22. The third-order valence-electron chi connectivity index (χ3n) is 2.88. The molecule has 0 radical (unpaired) electrons. The van der Waals surface area contributed by atoms with Crippen molar-refractivity contribution in [2.45, 2.75) is 46.5 Å². The summed E-state index contributed by atoms with van der Waals surface area (Å²) in [5.41, 5.74) is 2.62. The summed E-state index contributed by atoms with van der Waals surface area (Å²) in [6.45, 7) is 15.9. The third-order valence-corrected chi connectivity index (χ3v) is 2.88. The minimum Gasteiger partial charge on any atom is -0.378 e. The molecule has 0 aromatic rings. The van der Waals surface area contributed by atoms with E-state index in [1.165, 1.54) is 24.1 Å². The molecule has 0 saturated heterocycles. The lowest BCUT2D eigenvalue weighted by Gasteiger charge is -2.21. The highest BCUT2D eigenvalue weighted by Crippen LogP contribution is 2.17. The Morgan fingerprint density at radius 1 is 1.20 bits per heavy atom. The zero-order valence-corrected chi connectivity index (χ0v) is 11.0. The van der Waals surface area contributed by atoms with Gasteiger partial charge in [0.2, 0.25) is 0 Å². The largest absolute Gasteiger partial charge is 0.378 e. The van der Waals surface area contributed by atoms with Gasteiger partial charge in [-0.15, -0.1) is 0 Å². The van der Waals surface area contributed by atoms with Gasteiger partial charge in [-0.1, -0.05) is 39.5 Å². The number of rotatable bonds is 8. The molecule has 0 aliphatic rings. The van der Waals surface area contributed by atoms with E-state index in [2.05, 4.69) is 45.9 Å². The average Bonchev–Trinajstić information content (AvgIpc) is 2.17. The number of hydrogen-bond acceptors (Lipinski definition) is 1. The third kappa shape index (κ3) is 6.38. The summed E-state index contributed by atoms with van der Waals surface area (Å²) >= 11 is 0. The van der Waals surface area contributed by atoms with Gasteiger partial charge in [0.25, 0.3) is 0 Å². The van der Waals surface area contributed by atoms with Crippen LogP contribution >= 0.6 is 0 Å². The highest BCUT2D eigenvalue weighted by Gasteiger charge is 2.03. The molecule has 0 saturated carbocycles. The van der Waals surface area contributed by atoms with Gasteiger partial charge in [0.05, 0.1) is 0 Å². The second-order valence-corrected chi connectivity index (χ2v) is 4.65. The van der Waals surface area contributed by atoms with Crippen molar-refractivity contribution in [1.29, 1.82) is 0 Å². The van der Waals surface area contributed by atoms with Crippen molar-refractivity contribution in [2.75, 3.05) is 13.6 Å². The van der Waals surface area contributed by atoms with E-state index in [1.807, 2.05) is 0 Å². The molecule has 0 aromatic heterocycles. The fraction of sp³-hybridized carbons (Fsp3) is 0.714. The zero-order valence-electron chi connectivity index (χ0n) is 11.0. The van der Waals surface area contributed by atoms with Crippen LogP contribution in [0.3, 0.4) is 0 Å². The Hall–Kier alpha value is -0.720. The molecule has 1 heteroatoms. The summed E-state index contributed by atoms with van der Waals surface area (Å²) in [5, 5.41) is 0. The van der Waals surface area contributed by atoms with Crippen LogP contribution in [0.25, 0.3) is 0 Å². The van der Waals surface area contributed by atoms with E-state index >= 15 is 0 Å². The standard InChI is InChI=1S/C14H27N/c1-7-11-15(6)14(5)10-8-9-13(4)12(2)3/h12H,4-5,7-11H2,1-3,6H3. The van der Waals surface area contributed by atoms with Gasteiger partial charge in [-0.2, -0.15) is 0 Å². The van der Waals surface area contributed by atoms with E-state index in [-0.39, 0.29) is 0 Å². The minimum atomic E-state index is 0.617. The monoisotopic (exact) mass is 209 g/mol. The molecule has 0 aliphatic heterocycles. The number of hydrogen-bond donors (Lipinski definition) is 0. The van der Waals surface area contributed by atoms with Crippen molar-refractivity contribution in [2.24, 2.45) is 5.92 Å². The number of allylic oxidation sites excluding steroid dienone is 2. The van der Waals surface area contributed by atoms with E-state index < -0.39 is 0 Å². The van der Waals surface area contributed by atoms with Crippen LogP contribution in [-0.2, 0) is 0 Å². The summed E-state index contributed by atoms with van der Waals surface area (Å²) < 4.78 is 0. The topological polar surface area (TPSA) is 3.24 Å². The molecule has 0 unspecified atom stereocenters. The molecular formula is C14H27N. The molecule has 0 spiro atoms. The predicted molar refractivity (Wildman–Crippen MR) is 69.9 cm³/mol. The van der Waals surface area contributed by atoms with E-state index in [0.717, 1.165) is 19.4 Å². The molecule has 0 amide bonds. The van der Waals surface area contributed by atoms with Gasteiger partial charge in [0.15, 0.2) is 0 Å². The Kier molecular flexibility index (Phi) is 7.19. The molecule has 0 aromatic carbocycles. The molecule has 0 aliphatic carbocycles. The van der Waals surface area contributed by atoms with Crippen LogP contribution in [0, 0.1) is 5.92 Å². The molecule has 0 atom stereocenters. The van der Waals surface area contributed by atoms with Gasteiger partial charge in [0.1, 0.15) is 0 Å². The first-order valence-electron chi connectivity index (χ1n) is 6.05. The lowest BCUT2D eigenvalue weighted by atomic mass is 9.99. The number of nitrogens with zero attached hydrogens (tertiary/aromatic N) is 1. The average molecular weight is 209 g/mol. The van der Waals surface area contributed by atoms with Crippen molar-refractivity contribution in [1.82, 2.24) is 4.90 Å². The second-order valence-electron chi connectivity index (χ2n) is 4.65. The lowest BCUT2D eigenvalue weighted by Crippen LogP contribution is -2.17. The lowest BCUT2D eigenvalue weighted by molar-refractivity contribution is 0.398. The molecule has 0 N–H and O–H groups in total. The van der Waals surface area contributed by atoms with Gasteiger partial charge in [-0.3, -0.25) is 0 Å². The Balaban J connectivity index is 3.68. The van der Waals surface area contributed by atoms with Gasteiger partial charge in [-0.05, 0) is 31.6 Å². The maximum Gasteiger partial charge on any atom is 0.0168 e. The first kappa shape index (κ1) is 14.3. The molecular weight excluding hydrogens is 182 g/mol. The summed E-state index contributed by atoms with van der Waals surface area (Å²) in [7, 11) is 2.13.